The van der Waals surface area contributed by atoms with Gasteiger partial charge in [0.2, 0.25) is 0 Å². The minimum absolute atomic E-state index is 0.154. The van der Waals surface area contributed by atoms with Crippen molar-refractivity contribution >= 4 is 5.91 Å². The van der Waals surface area contributed by atoms with E-state index < -0.39 is 0 Å². The van der Waals surface area contributed by atoms with E-state index in [4.69, 9.17) is 4.74 Å². The number of methoxy groups -OCH3 is 1. The van der Waals surface area contributed by atoms with Crippen LogP contribution < -0.4 is 10.1 Å². The van der Waals surface area contributed by atoms with Gasteiger partial charge >= 0.3 is 0 Å². The molecular formula is C24H23N5O2. The van der Waals surface area contributed by atoms with Crippen molar-refractivity contribution in [1.29, 1.82) is 0 Å². The number of nitrogens with one attached hydrogen (secondary N) is 1. The number of rotatable bonds is 7. The monoisotopic (exact) mass is 413 g/mol. The predicted molar refractivity (Wildman–Crippen MR) is 118 cm³/mol. The van der Waals surface area contributed by atoms with Crippen LogP contribution in [0.15, 0.2) is 73.1 Å². The molecule has 0 radical (unpaired) electrons. The van der Waals surface area contributed by atoms with Crippen LogP contribution in [0, 0.1) is 6.92 Å². The Bertz CT molecular complexity index is 1190. The van der Waals surface area contributed by atoms with E-state index in [0.717, 1.165) is 23.3 Å². The van der Waals surface area contributed by atoms with Gasteiger partial charge in [-0.05, 0) is 59.2 Å². The topological polar surface area (TPSA) is 81.9 Å². The Labute approximate surface area is 180 Å². The fourth-order valence-corrected chi connectivity index (χ4v) is 3.48. The lowest BCUT2D eigenvalue weighted by atomic mass is 10.0. The third kappa shape index (κ3) is 4.78. The summed E-state index contributed by atoms with van der Waals surface area (Å²) in [6.07, 6.45) is 2.26. The normalized spacial score (nSPS) is 10.6. The molecule has 7 nitrogen and oxygen atoms in total. The second-order valence-corrected chi connectivity index (χ2v) is 7.22. The van der Waals surface area contributed by atoms with Crippen LogP contribution in [-0.4, -0.2) is 39.8 Å². The summed E-state index contributed by atoms with van der Waals surface area (Å²) in [5, 5.41) is 14.4. The fraction of sp³-hybridized carbons (Fsp3) is 0.167. The number of benzene rings is 3. The number of aromatic nitrogens is 4. The van der Waals surface area contributed by atoms with Crippen LogP contribution in [0.5, 0.6) is 5.75 Å². The van der Waals surface area contributed by atoms with Crippen molar-refractivity contribution in [2.24, 2.45) is 0 Å². The molecule has 4 rings (SSSR count). The minimum atomic E-state index is -0.154. The summed E-state index contributed by atoms with van der Waals surface area (Å²) < 4.78 is 7.04. The number of tetrazole rings is 1. The lowest BCUT2D eigenvalue weighted by molar-refractivity contribution is 0.0954. The van der Waals surface area contributed by atoms with Crippen molar-refractivity contribution in [1.82, 2.24) is 25.5 Å². The third-order valence-corrected chi connectivity index (χ3v) is 4.99. The number of hydrogen-bond acceptors (Lipinski definition) is 5. The SMILES string of the molecule is COc1ccccc1-c1cc(C(=O)NCCc2cccc(C)c2)cc(-n2cnnn2)c1. The number of nitrogens with zero attached hydrogens (tertiary/aromatic N) is 4. The van der Waals surface area contributed by atoms with Crippen LogP contribution in [0.25, 0.3) is 16.8 Å². The van der Waals surface area contributed by atoms with Crippen LogP contribution in [0.2, 0.25) is 0 Å². The van der Waals surface area contributed by atoms with E-state index in [1.165, 1.54) is 22.1 Å². The quantitative estimate of drug-likeness (QED) is 0.500. The van der Waals surface area contributed by atoms with Gasteiger partial charge in [0.15, 0.2) is 0 Å². The Morgan fingerprint density at radius 2 is 1.94 bits per heavy atom. The molecule has 7 heteroatoms. The highest BCUT2D eigenvalue weighted by molar-refractivity contribution is 5.96. The zero-order valence-electron chi connectivity index (χ0n) is 17.4. The van der Waals surface area contributed by atoms with Gasteiger partial charge < -0.3 is 10.1 Å². The molecule has 1 heterocycles. The van der Waals surface area contributed by atoms with Crippen molar-refractivity contribution in [3.05, 3.63) is 89.7 Å². The number of ether oxygens (including phenoxy) is 1. The van der Waals surface area contributed by atoms with Gasteiger partial charge in [0.1, 0.15) is 12.1 Å². The van der Waals surface area contributed by atoms with E-state index in [1.54, 1.807) is 13.2 Å². The number of carbonyl (C=O) groups excluding carboxylic acids is 1. The van der Waals surface area contributed by atoms with Crippen molar-refractivity contribution in [3.63, 3.8) is 0 Å². The van der Waals surface area contributed by atoms with E-state index in [2.05, 4.69) is 46.0 Å². The molecule has 0 aliphatic carbocycles. The van der Waals surface area contributed by atoms with E-state index in [0.29, 0.717) is 17.8 Å². The number of hydrogen-bond donors (Lipinski definition) is 1. The van der Waals surface area contributed by atoms with Gasteiger partial charge in [0.25, 0.3) is 5.91 Å². The van der Waals surface area contributed by atoms with Crippen molar-refractivity contribution in [3.8, 4) is 22.6 Å². The summed E-state index contributed by atoms with van der Waals surface area (Å²) in [5.74, 6) is 0.570. The predicted octanol–water partition coefficient (Wildman–Crippen LogP) is 3.62. The summed E-state index contributed by atoms with van der Waals surface area (Å²) in [6.45, 7) is 2.60. The summed E-state index contributed by atoms with van der Waals surface area (Å²) in [7, 11) is 1.63. The van der Waals surface area contributed by atoms with Crippen LogP contribution in [0.1, 0.15) is 21.5 Å². The molecule has 0 atom stereocenters. The molecule has 0 bridgehead atoms. The molecule has 0 saturated heterocycles. The Hall–Kier alpha value is -4.00. The van der Waals surface area contributed by atoms with Gasteiger partial charge in [0, 0.05) is 17.7 Å². The Morgan fingerprint density at radius 3 is 2.71 bits per heavy atom. The molecule has 0 saturated carbocycles. The molecule has 1 amide bonds. The molecule has 0 aliphatic rings. The standard InChI is InChI=1S/C24H23N5O2/c1-17-6-5-7-18(12-17)10-11-25-24(30)20-13-19(22-8-3-4-9-23(22)31-2)14-21(15-20)29-16-26-27-28-29/h3-9,12-16H,10-11H2,1-2H3,(H,25,30). The molecule has 156 valence electrons. The van der Waals surface area contributed by atoms with Crippen LogP contribution in [0.3, 0.4) is 0 Å². The van der Waals surface area contributed by atoms with Crippen molar-refractivity contribution < 1.29 is 9.53 Å². The first kappa shape index (κ1) is 20.3. The Morgan fingerprint density at radius 1 is 1.06 bits per heavy atom. The molecular weight excluding hydrogens is 390 g/mol. The molecule has 31 heavy (non-hydrogen) atoms. The highest BCUT2D eigenvalue weighted by atomic mass is 16.5. The van der Waals surface area contributed by atoms with Crippen molar-refractivity contribution in [2.45, 2.75) is 13.3 Å². The second-order valence-electron chi connectivity index (χ2n) is 7.22. The molecule has 0 fully saturated rings. The summed E-state index contributed by atoms with van der Waals surface area (Å²) in [5.41, 5.74) is 5.34. The largest absolute Gasteiger partial charge is 0.496 e. The molecule has 4 aromatic rings. The van der Waals surface area contributed by atoms with Gasteiger partial charge in [-0.1, -0.05) is 48.0 Å². The third-order valence-electron chi connectivity index (χ3n) is 4.99. The van der Waals surface area contributed by atoms with Gasteiger partial charge in [-0.25, -0.2) is 4.68 Å². The van der Waals surface area contributed by atoms with Crippen molar-refractivity contribution in [2.75, 3.05) is 13.7 Å². The van der Waals surface area contributed by atoms with Gasteiger partial charge in [-0.15, -0.1) is 5.10 Å². The molecule has 0 aliphatic heterocycles. The van der Waals surface area contributed by atoms with E-state index in [9.17, 15) is 4.79 Å². The first-order valence-electron chi connectivity index (χ1n) is 9.99. The first-order chi connectivity index (χ1) is 15.1. The summed E-state index contributed by atoms with van der Waals surface area (Å²) >= 11 is 0. The summed E-state index contributed by atoms with van der Waals surface area (Å²) in [4.78, 5) is 13.0. The lowest BCUT2D eigenvalue weighted by Gasteiger charge is -2.13. The maximum absolute atomic E-state index is 13.0. The number of aryl methyl sites for hydroxylation is 1. The number of amides is 1. The molecule has 0 unspecified atom stereocenters. The fourth-order valence-electron chi connectivity index (χ4n) is 3.48. The van der Waals surface area contributed by atoms with E-state index in [1.807, 2.05) is 42.5 Å². The lowest BCUT2D eigenvalue weighted by Crippen LogP contribution is -2.26. The zero-order valence-corrected chi connectivity index (χ0v) is 17.4. The van der Waals surface area contributed by atoms with Crippen LogP contribution in [-0.2, 0) is 6.42 Å². The highest BCUT2D eigenvalue weighted by Gasteiger charge is 2.14. The molecule has 3 aromatic carbocycles. The number of carbonyl (C=O) groups is 1. The maximum Gasteiger partial charge on any atom is 0.251 e. The van der Waals surface area contributed by atoms with E-state index in [-0.39, 0.29) is 5.91 Å². The van der Waals surface area contributed by atoms with Gasteiger partial charge in [-0.2, -0.15) is 0 Å². The second kappa shape index (κ2) is 9.21. The highest BCUT2D eigenvalue weighted by Crippen LogP contribution is 2.31. The minimum Gasteiger partial charge on any atom is -0.496 e. The van der Waals surface area contributed by atoms with E-state index >= 15 is 0 Å². The first-order valence-corrected chi connectivity index (χ1v) is 9.99. The summed E-state index contributed by atoms with van der Waals surface area (Å²) in [6, 6.07) is 21.5. The average molecular weight is 413 g/mol. The molecule has 0 spiro atoms. The smallest absolute Gasteiger partial charge is 0.251 e. The Balaban J connectivity index is 1.61. The van der Waals surface area contributed by atoms with Crippen LogP contribution in [0.4, 0.5) is 0 Å². The molecule has 1 aromatic heterocycles. The maximum atomic E-state index is 13.0. The van der Waals surface area contributed by atoms with Gasteiger partial charge in [-0.3, -0.25) is 4.79 Å². The molecule has 1 N–H and O–H groups in total. The Kier molecular flexibility index (Phi) is 6.03. The zero-order chi connectivity index (χ0) is 21.6. The van der Waals surface area contributed by atoms with Gasteiger partial charge in [0.05, 0.1) is 12.8 Å². The number of para-hydroxylation sites is 1. The van der Waals surface area contributed by atoms with Crippen LogP contribution >= 0.6 is 0 Å². The average Bonchev–Trinajstić information content (AvgIpc) is 3.34.